The van der Waals surface area contributed by atoms with E-state index in [1.807, 2.05) is 25.1 Å². The van der Waals surface area contributed by atoms with Gasteiger partial charge in [0.05, 0.1) is 28.9 Å². The molecule has 3 aromatic rings. The summed E-state index contributed by atoms with van der Waals surface area (Å²) in [6.07, 6.45) is 2.55. The molecule has 0 saturated heterocycles. The summed E-state index contributed by atoms with van der Waals surface area (Å²) in [7, 11) is -2.06. The first-order chi connectivity index (χ1) is 13.0. The third kappa shape index (κ3) is 3.19. The second kappa shape index (κ2) is 6.74. The standard InChI is InChI=1S/C20H21N3O3S/c1-13-9-11-14(12-10-13)27(24,25)23-22-17-7-3-5-15-16-6-4-8-18(26-2)20(16)21-19(15)17/h4,6,8-12,21,23H,3,5,7H2,1-2H3/b22-17-. The Morgan fingerprint density at radius 1 is 1.11 bits per heavy atom. The van der Waals surface area contributed by atoms with Gasteiger partial charge in [-0.05, 0) is 49.9 Å². The molecular formula is C20H21N3O3S. The Morgan fingerprint density at radius 2 is 1.89 bits per heavy atom. The van der Waals surface area contributed by atoms with Crippen molar-refractivity contribution in [2.75, 3.05) is 7.11 Å². The van der Waals surface area contributed by atoms with E-state index in [0.29, 0.717) is 12.1 Å². The van der Waals surface area contributed by atoms with Crippen LogP contribution < -0.4 is 9.57 Å². The minimum Gasteiger partial charge on any atom is -0.495 e. The number of para-hydroxylation sites is 1. The number of aryl methyl sites for hydroxylation is 2. The predicted octanol–water partition coefficient (Wildman–Crippen LogP) is 3.50. The second-order valence-electron chi connectivity index (χ2n) is 6.68. The van der Waals surface area contributed by atoms with Crippen LogP contribution in [0.5, 0.6) is 5.75 Å². The number of H-pyrrole nitrogens is 1. The van der Waals surface area contributed by atoms with Crippen LogP contribution in [-0.2, 0) is 16.4 Å². The van der Waals surface area contributed by atoms with Crippen molar-refractivity contribution in [3.8, 4) is 5.75 Å². The Labute approximate surface area is 158 Å². The molecule has 7 heteroatoms. The highest BCUT2D eigenvalue weighted by molar-refractivity contribution is 7.89. The Hall–Kier alpha value is -2.80. The Bertz CT molecular complexity index is 1130. The fraction of sp³-hybridized carbons (Fsp3) is 0.250. The first-order valence-electron chi connectivity index (χ1n) is 8.82. The maximum absolute atomic E-state index is 12.5. The maximum Gasteiger partial charge on any atom is 0.276 e. The van der Waals surface area contributed by atoms with Gasteiger partial charge in [0.25, 0.3) is 10.0 Å². The van der Waals surface area contributed by atoms with Crippen molar-refractivity contribution in [1.82, 2.24) is 9.82 Å². The van der Waals surface area contributed by atoms with Crippen molar-refractivity contribution >= 4 is 26.6 Å². The number of methoxy groups -OCH3 is 1. The zero-order valence-electron chi connectivity index (χ0n) is 15.2. The molecule has 0 saturated carbocycles. The minimum atomic E-state index is -3.70. The topological polar surface area (TPSA) is 83.5 Å². The zero-order chi connectivity index (χ0) is 19.0. The summed E-state index contributed by atoms with van der Waals surface area (Å²) in [6.45, 7) is 1.91. The highest BCUT2D eigenvalue weighted by Crippen LogP contribution is 2.33. The molecule has 1 aliphatic rings. The molecule has 140 valence electrons. The number of hydrogen-bond acceptors (Lipinski definition) is 4. The van der Waals surface area contributed by atoms with Gasteiger partial charge in [-0.15, -0.1) is 0 Å². The lowest BCUT2D eigenvalue weighted by molar-refractivity contribution is 0.419. The number of nitrogens with one attached hydrogen (secondary N) is 2. The number of fused-ring (bicyclic) bond motifs is 3. The van der Waals surface area contributed by atoms with Crippen molar-refractivity contribution in [3.05, 3.63) is 59.3 Å². The Kier molecular flexibility index (Phi) is 4.39. The molecule has 0 bridgehead atoms. The summed E-state index contributed by atoms with van der Waals surface area (Å²) in [5, 5.41) is 5.35. The Morgan fingerprint density at radius 3 is 2.63 bits per heavy atom. The molecule has 0 spiro atoms. The number of aromatic nitrogens is 1. The van der Waals surface area contributed by atoms with Gasteiger partial charge in [-0.3, -0.25) is 0 Å². The molecule has 1 aromatic heterocycles. The summed E-state index contributed by atoms with van der Waals surface area (Å²) >= 11 is 0. The summed E-state index contributed by atoms with van der Waals surface area (Å²) in [5.74, 6) is 0.765. The molecule has 0 fully saturated rings. The van der Waals surface area contributed by atoms with Crippen LogP contribution in [-0.4, -0.2) is 26.2 Å². The van der Waals surface area contributed by atoms with Crippen LogP contribution in [0, 0.1) is 6.92 Å². The number of ether oxygens (including phenoxy) is 1. The van der Waals surface area contributed by atoms with Gasteiger partial charge in [0.2, 0.25) is 0 Å². The number of aromatic amines is 1. The molecule has 1 heterocycles. The van der Waals surface area contributed by atoms with Gasteiger partial charge in [0.1, 0.15) is 5.75 Å². The largest absolute Gasteiger partial charge is 0.495 e. The Balaban J connectivity index is 1.71. The third-order valence-electron chi connectivity index (χ3n) is 4.88. The monoisotopic (exact) mass is 383 g/mol. The molecule has 27 heavy (non-hydrogen) atoms. The fourth-order valence-electron chi connectivity index (χ4n) is 3.48. The predicted molar refractivity (Wildman–Crippen MR) is 106 cm³/mol. The van der Waals surface area contributed by atoms with Crippen LogP contribution in [0.1, 0.15) is 29.7 Å². The minimum absolute atomic E-state index is 0.201. The molecule has 1 aliphatic carbocycles. The lowest BCUT2D eigenvalue weighted by Gasteiger charge is -2.14. The van der Waals surface area contributed by atoms with E-state index < -0.39 is 10.0 Å². The molecule has 2 aromatic carbocycles. The molecule has 6 nitrogen and oxygen atoms in total. The number of rotatable bonds is 4. The zero-order valence-corrected chi connectivity index (χ0v) is 16.1. The molecule has 4 rings (SSSR count). The van der Waals surface area contributed by atoms with E-state index in [2.05, 4.69) is 14.9 Å². The highest BCUT2D eigenvalue weighted by atomic mass is 32.2. The van der Waals surface area contributed by atoms with Crippen LogP contribution in [0.2, 0.25) is 0 Å². The average molecular weight is 383 g/mol. The highest BCUT2D eigenvalue weighted by Gasteiger charge is 2.23. The van der Waals surface area contributed by atoms with Crippen LogP contribution >= 0.6 is 0 Å². The summed E-state index contributed by atoms with van der Waals surface area (Å²) in [5.41, 5.74) is 4.67. The maximum atomic E-state index is 12.5. The number of benzene rings is 2. The van der Waals surface area contributed by atoms with Crippen molar-refractivity contribution in [1.29, 1.82) is 0 Å². The first kappa shape index (κ1) is 17.6. The van der Waals surface area contributed by atoms with Gasteiger partial charge >= 0.3 is 0 Å². The molecule has 0 atom stereocenters. The first-order valence-corrected chi connectivity index (χ1v) is 10.3. The van der Waals surface area contributed by atoms with E-state index in [-0.39, 0.29) is 4.90 Å². The number of hydrazone groups is 1. The average Bonchev–Trinajstić information content (AvgIpc) is 3.06. The summed E-state index contributed by atoms with van der Waals surface area (Å²) in [4.78, 5) is 5.97. The van der Waals surface area contributed by atoms with E-state index in [9.17, 15) is 8.42 Å². The van der Waals surface area contributed by atoms with Gasteiger partial charge in [0.15, 0.2) is 0 Å². The van der Waals surface area contributed by atoms with Gasteiger partial charge in [0, 0.05) is 5.39 Å². The third-order valence-corrected chi connectivity index (χ3v) is 6.11. The van der Waals surface area contributed by atoms with Crippen LogP contribution in [0.3, 0.4) is 0 Å². The molecule has 2 N–H and O–H groups in total. The fourth-order valence-corrected chi connectivity index (χ4v) is 4.31. The van der Waals surface area contributed by atoms with Gasteiger partial charge in [-0.2, -0.15) is 18.4 Å². The number of hydrogen-bond donors (Lipinski definition) is 2. The van der Waals surface area contributed by atoms with E-state index >= 15 is 0 Å². The summed E-state index contributed by atoms with van der Waals surface area (Å²) < 4.78 is 30.5. The van der Waals surface area contributed by atoms with Gasteiger partial charge in [-0.25, -0.2) is 0 Å². The second-order valence-corrected chi connectivity index (χ2v) is 8.34. The molecule has 0 radical (unpaired) electrons. The van der Waals surface area contributed by atoms with Crippen LogP contribution in [0.25, 0.3) is 10.9 Å². The van der Waals surface area contributed by atoms with E-state index in [1.54, 1.807) is 31.4 Å². The van der Waals surface area contributed by atoms with Crippen LogP contribution in [0.4, 0.5) is 0 Å². The summed E-state index contributed by atoms with van der Waals surface area (Å²) in [6, 6.07) is 12.6. The molecular weight excluding hydrogens is 362 g/mol. The van der Waals surface area contributed by atoms with E-state index in [1.165, 1.54) is 0 Å². The van der Waals surface area contributed by atoms with Crippen molar-refractivity contribution < 1.29 is 13.2 Å². The lowest BCUT2D eigenvalue weighted by Crippen LogP contribution is -2.22. The SMILES string of the molecule is COc1cccc2c3c([nH]c12)/C(=N\NS(=O)(=O)c1ccc(C)cc1)CCC3. The smallest absolute Gasteiger partial charge is 0.276 e. The number of sulfonamides is 1. The van der Waals surface area contributed by atoms with E-state index in [4.69, 9.17) is 4.74 Å². The van der Waals surface area contributed by atoms with Gasteiger partial charge in [-0.1, -0.05) is 29.8 Å². The van der Waals surface area contributed by atoms with Crippen molar-refractivity contribution in [2.45, 2.75) is 31.1 Å². The van der Waals surface area contributed by atoms with Crippen LogP contribution in [0.15, 0.2) is 52.5 Å². The van der Waals surface area contributed by atoms with Crippen molar-refractivity contribution in [2.24, 2.45) is 5.10 Å². The number of nitrogens with zero attached hydrogens (tertiary/aromatic N) is 1. The molecule has 0 unspecified atom stereocenters. The normalized spacial score (nSPS) is 15.7. The molecule has 0 aliphatic heterocycles. The molecule has 0 amide bonds. The quantitative estimate of drug-likeness (QED) is 0.676. The van der Waals surface area contributed by atoms with E-state index in [0.717, 1.165) is 46.3 Å². The lowest BCUT2D eigenvalue weighted by atomic mass is 9.94. The van der Waals surface area contributed by atoms with Crippen molar-refractivity contribution in [3.63, 3.8) is 0 Å². The van der Waals surface area contributed by atoms with Gasteiger partial charge < -0.3 is 9.72 Å².